The molecule has 0 saturated heterocycles. The normalized spacial score (nSPS) is 21.0. The van der Waals surface area contributed by atoms with E-state index in [2.05, 4.69) is 39.2 Å². The lowest BCUT2D eigenvalue weighted by atomic mass is 9.82. The average molecular weight is 436 g/mol. The van der Waals surface area contributed by atoms with E-state index in [1.165, 1.54) is 0 Å². The predicted molar refractivity (Wildman–Crippen MR) is 120 cm³/mol. The largest absolute Gasteiger partial charge is 0.480 e. The molecule has 1 aliphatic rings. The molecule has 0 heterocycles. The highest BCUT2D eigenvalue weighted by Gasteiger charge is 2.42. The van der Waals surface area contributed by atoms with Crippen molar-refractivity contribution in [1.29, 1.82) is 0 Å². The molecule has 1 aromatic carbocycles. The van der Waals surface area contributed by atoms with Crippen LogP contribution in [-0.4, -0.2) is 37.6 Å². The van der Waals surface area contributed by atoms with Gasteiger partial charge in [-0.05, 0) is 48.9 Å². The summed E-state index contributed by atoms with van der Waals surface area (Å²) < 4.78 is 11.9. The zero-order valence-corrected chi connectivity index (χ0v) is 19.9. The number of nitrogens with one attached hydrogen (secondary N) is 1. The molecular formula is C23H37NO5Si. The Morgan fingerprint density at radius 2 is 1.80 bits per heavy atom. The summed E-state index contributed by atoms with van der Waals surface area (Å²) in [5.41, 5.74) is 0.856. The van der Waals surface area contributed by atoms with Crippen molar-refractivity contribution >= 4 is 20.4 Å². The van der Waals surface area contributed by atoms with Crippen molar-refractivity contribution in [2.45, 2.75) is 89.8 Å². The lowest BCUT2D eigenvalue weighted by Gasteiger charge is -2.43. The van der Waals surface area contributed by atoms with E-state index < -0.39 is 26.4 Å². The van der Waals surface area contributed by atoms with E-state index >= 15 is 0 Å². The number of amides is 1. The summed E-state index contributed by atoms with van der Waals surface area (Å²) in [7, 11) is -1.95. The Balaban J connectivity index is 1.97. The van der Waals surface area contributed by atoms with Crippen molar-refractivity contribution in [3.8, 4) is 0 Å². The Kier molecular flexibility index (Phi) is 8.49. The number of rotatable bonds is 8. The van der Waals surface area contributed by atoms with Gasteiger partial charge in [0.15, 0.2) is 8.32 Å². The van der Waals surface area contributed by atoms with Crippen LogP contribution in [0.1, 0.15) is 58.4 Å². The van der Waals surface area contributed by atoms with E-state index in [-0.39, 0.29) is 23.7 Å². The van der Waals surface area contributed by atoms with E-state index in [4.69, 9.17) is 9.16 Å². The van der Waals surface area contributed by atoms with Gasteiger partial charge in [-0.3, -0.25) is 0 Å². The van der Waals surface area contributed by atoms with Crippen LogP contribution in [0, 0.1) is 5.92 Å². The number of alkyl carbamates (subject to hydrolysis) is 1. The second-order valence-electron chi connectivity index (χ2n) is 9.79. The molecule has 1 amide bonds. The topological polar surface area (TPSA) is 84.9 Å². The highest BCUT2D eigenvalue weighted by atomic mass is 28.4. The molecule has 7 heteroatoms. The molecule has 0 spiro atoms. The quantitative estimate of drug-likeness (QED) is 0.539. The summed E-state index contributed by atoms with van der Waals surface area (Å²) in [5, 5.41) is 12.3. The molecule has 6 nitrogen and oxygen atoms in total. The number of benzene rings is 1. The van der Waals surface area contributed by atoms with Gasteiger partial charge >= 0.3 is 12.1 Å². The first kappa shape index (κ1) is 24.4. The second kappa shape index (κ2) is 10.4. The predicted octanol–water partition coefficient (Wildman–Crippen LogP) is 5.34. The van der Waals surface area contributed by atoms with Crippen molar-refractivity contribution in [2.75, 3.05) is 0 Å². The Hall–Kier alpha value is -1.86. The molecule has 1 fully saturated rings. The molecule has 2 N–H and O–H groups in total. The number of hydrogen-bond donors (Lipinski definition) is 2. The van der Waals surface area contributed by atoms with E-state index in [0.717, 1.165) is 31.2 Å². The first-order valence-electron chi connectivity index (χ1n) is 10.9. The van der Waals surface area contributed by atoms with E-state index in [0.29, 0.717) is 6.42 Å². The number of hydrogen-bond acceptors (Lipinski definition) is 4. The fourth-order valence-corrected chi connectivity index (χ4v) is 5.01. The average Bonchev–Trinajstić information content (AvgIpc) is 2.67. The number of carbonyl (C=O) groups excluding carboxylic acids is 1. The molecule has 0 aromatic heterocycles. The van der Waals surface area contributed by atoms with Gasteiger partial charge < -0.3 is 19.6 Å². The lowest BCUT2D eigenvalue weighted by molar-refractivity contribution is -0.140. The van der Waals surface area contributed by atoms with Gasteiger partial charge in [-0.2, -0.15) is 0 Å². The maximum Gasteiger partial charge on any atom is 0.408 e. The first-order chi connectivity index (χ1) is 14.0. The third-order valence-electron chi connectivity index (χ3n) is 6.43. The number of carboxylic acid groups (broad SMARTS) is 1. The second-order valence-corrected chi connectivity index (χ2v) is 14.6. The van der Waals surface area contributed by atoms with Crippen molar-refractivity contribution in [1.82, 2.24) is 5.32 Å². The van der Waals surface area contributed by atoms with Crippen LogP contribution in [0.2, 0.25) is 18.1 Å². The molecule has 1 saturated carbocycles. The van der Waals surface area contributed by atoms with Crippen LogP contribution in [0.3, 0.4) is 0 Å². The van der Waals surface area contributed by atoms with Gasteiger partial charge in [0.25, 0.3) is 0 Å². The zero-order valence-electron chi connectivity index (χ0n) is 18.9. The van der Waals surface area contributed by atoms with Crippen molar-refractivity contribution in [2.24, 2.45) is 5.92 Å². The highest BCUT2D eigenvalue weighted by Crippen LogP contribution is 2.41. The van der Waals surface area contributed by atoms with Crippen LogP contribution in [0.5, 0.6) is 0 Å². The zero-order chi connectivity index (χ0) is 22.4. The van der Waals surface area contributed by atoms with Gasteiger partial charge in [0, 0.05) is 6.10 Å². The standard InChI is InChI=1S/C23H37NO5Si/c1-23(2,3)30(4,5)29-20-14-10-9-13-18(20)15-19(21(25)26)24-22(27)28-16-17-11-7-6-8-12-17/h6-8,11-12,18-20H,9-10,13-16H2,1-5H3,(H,24,27)(H,25,26)/t18-,19?,20+/m0/s1. The monoisotopic (exact) mass is 435 g/mol. The van der Waals surface area contributed by atoms with Crippen LogP contribution >= 0.6 is 0 Å². The number of carboxylic acids is 1. The number of aliphatic carboxylic acids is 1. The van der Waals surface area contributed by atoms with Crippen LogP contribution in [-0.2, 0) is 20.6 Å². The summed E-state index contributed by atoms with van der Waals surface area (Å²) >= 11 is 0. The Morgan fingerprint density at radius 3 is 2.40 bits per heavy atom. The third-order valence-corrected chi connectivity index (χ3v) is 10.9. The van der Waals surface area contributed by atoms with E-state index in [1.807, 2.05) is 30.3 Å². The maximum atomic E-state index is 12.2. The lowest BCUT2D eigenvalue weighted by Crippen LogP contribution is -2.49. The van der Waals surface area contributed by atoms with Gasteiger partial charge in [-0.1, -0.05) is 63.9 Å². The summed E-state index contributed by atoms with van der Waals surface area (Å²) in [4.78, 5) is 24.0. The van der Waals surface area contributed by atoms with Gasteiger partial charge in [-0.15, -0.1) is 0 Å². The molecule has 1 aromatic rings. The highest BCUT2D eigenvalue weighted by molar-refractivity contribution is 6.74. The smallest absolute Gasteiger partial charge is 0.408 e. The van der Waals surface area contributed by atoms with Crippen LogP contribution in [0.15, 0.2) is 30.3 Å². The third kappa shape index (κ3) is 7.13. The fourth-order valence-electron chi connectivity index (χ4n) is 3.58. The van der Waals surface area contributed by atoms with Crippen LogP contribution < -0.4 is 5.32 Å². The van der Waals surface area contributed by atoms with Crippen molar-refractivity contribution in [3.05, 3.63) is 35.9 Å². The molecule has 168 valence electrons. The molecule has 1 unspecified atom stereocenters. The molecule has 0 bridgehead atoms. The molecular weight excluding hydrogens is 398 g/mol. The Labute approximate surface area is 181 Å². The summed E-state index contributed by atoms with van der Waals surface area (Å²) in [5.74, 6) is -0.924. The minimum atomic E-state index is -1.95. The molecule has 3 atom stereocenters. The van der Waals surface area contributed by atoms with Crippen LogP contribution in [0.4, 0.5) is 4.79 Å². The fraction of sp³-hybridized carbons (Fsp3) is 0.652. The molecule has 1 aliphatic carbocycles. The van der Waals surface area contributed by atoms with Gasteiger partial charge in [-0.25, -0.2) is 9.59 Å². The van der Waals surface area contributed by atoms with E-state index in [1.54, 1.807) is 0 Å². The number of carbonyl (C=O) groups is 2. The minimum Gasteiger partial charge on any atom is -0.480 e. The Bertz CT molecular complexity index is 701. The SMILES string of the molecule is CC(C)(C)[Si](C)(C)O[C@@H]1CCCC[C@H]1CC(NC(=O)OCc1ccccc1)C(=O)O. The Morgan fingerprint density at radius 1 is 1.17 bits per heavy atom. The molecule has 30 heavy (non-hydrogen) atoms. The summed E-state index contributed by atoms with van der Waals surface area (Å²) in [6.45, 7) is 11.2. The van der Waals surface area contributed by atoms with Gasteiger partial charge in [0.1, 0.15) is 12.6 Å². The molecule has 0 radical (unpaired) electrons. The van der Waals surface area contributed by atoms with Crippen LogP contribution in [0.25, 0.3) is 0 Å². The van der Waals surface area contributed by atoms with Crippen molar-refractivity contribution in [3.63, 3.8) is 0 Å². The number of ether oxygens (including phenoxy) is 1. The first-order valence-corrected chi connectivity index (χ1v) is 13.8. The van der Waals surface area contributed by atoms with E-state index in [9.17, 15) is 14.7 Å². The molecule has 0 aliphatic heterocycles. The summed E-state index contributed by atoms with van der Waals surface area (Å²) in [6, 6.07) is 8.34. The maximum absolute atomic E-state index is 12.2. The summed E-state index contributed by atoms with van der Waals surface area (Å²) in [6.07, 6.45) is 3.72. The van der Waals surface area contributed by atoms with Gasteiger partial charge in [0.2, 0.25) is 0 Å². The van der Waals surface area contributed by atoms with Gasteiger partial charge in [0.05, 0.1) is 0 Å². The molecule has 2 rings (SSSR count). The van der Waals surface area contributed by atoms with Crippen molar-refractivity contribution < 1.29 is 23.9 Å². The minimum absolute atomic E-state index is 0.0450.